The first-order valence-electron chi connectivity index (χ1n) is 9.57. The smallest absolute Gasteiger partial charge is 0.392 e. The topological polar surface area (TPSA) is 111 Å². The summed E-state index contributed by atoms with van der Waals surface area (Å²) in [7, 11) is 4.64. The van der Waals surface area contributed by atoms with Crippen LogP contribution in [0, 0.1) is 4.91 Å². The van der Waals surface area contributed by atoms with Crippen molar-refractivity contribution < 1.29 is 19.0 Å². The molecule has 0 radical (unpaired) electrons. The molecule has 0 bridgehead atoms. The monoisotopic (exact) mass is 420 g/mol. The molecule has 2 aliphatic heterocycles. The standard InChI is InChI=1S/C22H22N5O4/c1-29-16-9-13(10-17(30-2)20(16)31-3)11-18-25-21(23)19-22(26-18)27(28)12-15(24-19)14-7-5-4-6-8-14/h4-10,12,18H,11H2,1-3H3,(H2,23,25)/q+1. The van der Waals surface area contributed by atoms with Gasteiger partial charge in [-0.1, -0.05) is 35.2 Å². The molecule has 0 aliphatic carbocycles. The van der Waals surface area contributed by atoms with Crippen molar-refractivity contribution in [2.45, 2.75) is 12.6 Å². The summed E-state index contributed by atoms with van der Waals surface area (Å²) in [6, 6.07) is 13.0. The molecule has 2 N–H and O–H groups in total. The maximum Gasteiger partial charge on any atom is 0.392 e. The van der Waals surface area contributed by atoms with Gasteiger partial charge in [0.05, 0.1) is 21.3 Å². The van der Waals surface area contributed by atoms with Crippen molar-refractivity contribution >= 4 is 23.1 Å². The highest BCUT2D eigenvalue weighted by molar-refractivity contribution is 6.67. The fourth-order valence-electron chi connectivity index (χ4n) is 3.46. The van der Waals surface area contributed by atoms with E-state index in [2.05, 4.69) is 15.0 Å². The van der Waals surface area contributed by atoms with E-state index in [0.29, 0.717) is 34.1 Å². The molecule has 1 atom stereocenters. The first kappa shape index (κ1) is 20.3. The van der Waals surface area contributed by atoms with Crippen LogP contribution in [0.5, 0.6) is 17.2 Å². The van der Waals surface area contributed by atoms with Gasteiger partial charge in [0.1, 0.15) is 5.70 Å². The molecule has 9 nitrogen and oxygen atoms in total. The number of amidine groups is 2. The third-order valence-electron chi connectivity index (χ3n) is 4.91. The van der Waals surface area contributed by atoms with Gasteiger partial charge < -0.3 is 19.9 Å². The van der Waals surface area contributed by atoms with Gasteiger partial charge in [-0.3, -0.25) is 0 Å². The number of methoxy groups -OCH3 is 3. The Bertz CT molecular complexity index is 1130. The zero-order valence-corrected chi connectivity index (χ0v) is 17.4. The molecule has 2 aromatic rings. The number of hydrogen-bond donors (Lipinski definition) is 1. The summed E-state index contributed by atoms with van der Waals surface area (Å²) < 4.78 is 16.8. The Morgan fingerprint density at radius 1 is 1.00 bits per heavy atom. The van der Waals surface area contributed by atoms with E-state index < -0.39 is 6.17 Å². The second-order valence-corrected chi connectivity index (χ2v) is 6.85. The van der Waals surface area contributed by atoms with E-state index in [9.17, 15) is 4.91 Å². The van der Waals surface area contributed by atoms with Crippen molar-refractivity contribution in [3.05, 3.63) is 64.7 Å². The predicted molar refractivity (Wildman–Crippen MR) is 118 cm³/mol. The number of nitrogens with two attached hydrogens (primary N) is 1. The van der Waals surface area contributed by atoms with E-state index >= 15 is 0 Å². The quantitative estimate of drug-likeness (QED) is 0.722. The van der Waals surface area contributed by atoms with Crippen molar-refractivity contribution in [3.8, 4) is 17.2 Å². The Balaban J connectivity index is 1.64. The summed E-state index contributed by atoms with van der Waals surface area (Å²) in [5.74, 6) is 1.86. The Kier molecular flexibility index (Phi) is 5.48. The highest BCUT2D eigenvalue weighted by Gasteiger charge is 2.38. The van der Waals surface area contributed by atoms with Crippen LogP contribution < -0.4 is 19.9 Å². The summed E-state index contributed by atoms with van der Waals surface area (Å²) in [4.78, 5) is 26.2. The van der Waals surface area contributed by atoms with Crippen LogP contribution in [-0.2, 0) is 6.42 Å². The third-order valence-corrected chi connectivity index (χ3v) is 4.91. The van der Waals surface area contributed by atoms with Crippen molar-refractivity contribution in [1.82, 2.24) is 0 Å². The van der Waals surface area contributed by atoms with E-state index in [0.717, 1.165) is 11.1 Å². The van der Waals surface area contributed by atoms with E-state index in [1.165, 1.54) is 6.20 Å². The van der Waals surface area contributed by atoms with Crippen LogP contribution in [-0.4, -0.2) is 49.6 Å². The number of ether oxygens (including phenoxy) is 3. The Morgan fingerprint density at radius 3 is 2.29 bits per heavy atom. The lowest BCUT2D eigenvalue weighted by Crippen LogP contribution is -2.42. The van der Waals surface area contributed by atoms with Gasteiger partial charge in [0, 0.05) is 16.7 Å². The SMILES string of the molecule is COc1cc(CC2N=C(N)C3=NC(c4ccccc4)=C[N+](=O)C3=N2)cc(OC)c1OC. The third kappa shape index (κ3) is 3.89. The Morgan fingerprint density at radius 2 is 1.68 bits per heavy atom. The van der Waals surface area contributed by atoms with Gasteiger partial charge in [0.2, 0.25) is 17.6 Å². The molecule has 0 aromatic heterocycles. The molecule has 2 aromatic carbocycles. The summed E-state index contributed by atoms with van der Waals surface area (Å²) in [5.41, 5.74) is 8.60. The first-order valence-corrected chi connectivity index (χ1v) is 9.57. The van der Waals surface area contributed by atoms with E-state index in [4.69, 9.17) is 19.9 Å². The lowest BCUT2D eigenvalue weighted by Gasteiger charge is -2.17. The number of hydrogen-bond acceptors (Lipinski definition) is 8. The molecule has 31 heavy (non-hydrogen) atoms. The summed E-state index contributed by atoms with van der Waals surface area (Å²) in [5, 5.41) is 0. The fraction of sp³-hybridized carbons (Fsp3) is 0.227. The highest BCUT2D eigenvalue weighted by atomic mass is 16.5. The molecule has 1 unspecified atom stereocenters. The average Bonchev–Trinajstić information content (AvgIpc) is 2.79. The molecule has 9 heteroatoms. The van der Waals surface area contributed by atoms with Crippen LogP contribution in [0.4, 0.5) is 0 Å². The van der Waals surface area contributed by atoms with Crippen LogP contribution in [0.1, 0.15) is 11.1 Å². The minimum atomic E-state index is -0.583. The summed E-state index contributed by atoms with van der Waals surface area (Å²) in [6.07, 6.45) is 1.20. The van der Waals surface area contributed by atoms with Crippen LogP contribution in [0.2, 0.25) is 0 Å². The predicted octanol–water partition coefficient (Wildman–Crippen LogP) is 2.58. The van der Waals surface area contributed by atoms with Crippen LogP contribution in [0.3, 0.4) is 0 Å². The highest BCUT2D eigenvalue weighted by Crippen LogP contribution is 2.38. The molecule has 0 fully saturated rings. The fourth-order valence-corrected chi connectivity index (χ4v) is 3.46. The normalized spacial score (nSPS) is 17.6. The van der Waals surface area contributed by atoms with Crippen molar-refractivity contribution in [2.24, 2.45) is 20.7 Å². The number of rotatable bonds is 6. The Hall–Kier alpha value is -4.01. The average molecular weight is 420 g/mol. The lowest BCUT2D eigenvalue weighted by atomic mass is 10.1. The van der Waals surface area contributed by atoms with Gasteiger partial charge in [-0.25, -0.2) is 9.98 Å². The number of fused-ring (bicyclic) bond motifs is 1. The largest absolute Gasteiger partial charge is 0.493 e. The molecular formula is C22H22N5O4+. The van der Waals surface area contributed by atoms with Crippen molar-refractivity contribution in [3.63, 3.8) is 0 Å². The zero-order chi connectivity index (χ0) is 22.0. The van der Waals surface area contributed by atoms with E-state index in [1.54, 1.807) is 21.3 Å². The van der Waals surface area contributed by atoms with Crippen molar-refractivity contribution in [2.75, 3.05) is 21.3 Å². The van der Waals surface area contributed by atoms with Gasteiger partial charge in [-0.2, -0.15) is 0 Å². The molecule has 2 heterocycles. The Labute approximate surface area is 179 Å². The number of aliphatic imine (C=N–C) groups is 3. The molecule has 0 saturated heterocycles. The molecule has 0 saturated carbocycles. The van der Waals surface area contributed by atoms with Crippen LogP contribution in [0.15, 0.2) is 63.6 Å². The molecule has 0 spiro atoms. The van der Waals surface area contributed by atoms with Crippen molar-refractivity contribution in [1.29, 1.82) is 0 Å². The van der Waals surface area contributed by atoms with Gasteiger partial charge >= 0.3 is 5.84 Å². The number of nitroso groups, excluding NO2 is 1. The minimum absolute atomic E-state index is 0.143. The molecule has 2 aliphatic rings. The molecular weight excluding hydrogens is 398 g/mol. The number of nitrogens with zero attached hydrogens (tertiary/aromatic N) is 4. The lowest BCUT2D eigenvalue weighted by molar-refractivity contribution is -0.345. The van der Waals surface area contributed by atoms with Gasteiger partial charge in [-0.15, -0.1) is 0 Å². The molecule has 158 valence electrons. The van der Waals surface area contributed by atoms with Crippen LogP contribution >= 0.6 is 0 Å². The summed E-state index contributed by atoms with van der Waals surface area (Å²) >= 11 is 0. The first-order chi connectivity index (χ1) is 15.0. The molecule has 0 amide bonds. The zero-order valence-electron chi connectivity index (χ0n) is 17.4. The number of benzene rings is 2. The maximum absolute atomic E-state index is 12.7. The van der Waals surface area contributed by atoms with E-state index in [1.807, 2.05) is 42.5 Å². The summed E-state index contributed by atoms with van der Waals surface area (Å²) in [6.45, 7) is 0. The van der Waals surface area contributed by atoms with Gasteiger partial charge in [0.15, 0.2) is 23.5 Å². The van der Waals surface area contributed by atoms with Crippen LogP contribution in [0.25, 0.3) is 5.70 Å². The van der Waals surface area contributed by atoms with E-state index in [-0.39, 0.29) is 17.4 Å². The molecule has 4 rings (SSSR count). The second kappa shape index (κ2) is 8.39. The van der Waals surface area contributed by atoms with Gasteiger partial charge in [-0.05, 0) is 22.7 Å². The second-order valence-electron chi connectivity index (χ2n) is 6.85. The maximum atomic E-state index is 12.7. The minimum Gasteiger partial charge on any atom is -0.493 e. The van der Waals surface area contributed by atoms with Gasteiger partial charge in [0.25, 0.3) is 0 Å².